The molecule has 2 rings (SSSR count). The molecule has 1 fully saturated rings. The number of hydrogen-bond donors (Lipinski definition) is 2. The van der Waals surface area contributed by atoms with Crippen LogP contribution in [0.1, 0.15) is 36.0 Å². The molecule has 3 nitrogen and oxygen atoms in total. The number of halogens is 4. The molecule has 1 amide bonds. The minimum atomic E-state index is -4.81. The zero-order valence-corrected chi connectivity index (χ0v) is 11.1. The molecule has 1 aromatic rings. The summed E-state index contributed by atoms with van der Waals surface area (Å²) in [6.07, 6.45) is -4.46. The Bertz CT molecular complexity index is 515. The Kier molecular flexibility index (Phi) is 4.22. The van der Waals surface area contributed by atoms with E-state index >= 15 is 0 Å². The van der Waals surface area contributed by atoms with Crippen LogP contribution in [-0.2, 0) is 0 Å². The van der Waals surface area contributed by atoms with Gasteiger partial charge in [-0.2, -0.15) is 13.2 Å². The van der Waals surface area contributed by atoms with E-state index in [1.165, 1.54) is 12.1 Å². The highest BCUT2D eigenvalue weighted by molar-refractivity contribution is 5.94. The van der Waals surface area contributed by atoms with Crippen LogP contribution in [-0.4, -0.2) is 28.8 Å². The van der Waals surface area contributed by atoms with Gasteiger partial charge in [0.15, 0.2) is 5.60 Å². The van der Waals surface area contributed by atoms with Crippen LogP contribution >= 0.6 is 0 Å². The normalized spacial score (nSPS) is 26.4. The van der Waals surface area contributed by atoms with Crippen molar-refractivity contribution in [1.29, 1.82) is 0 Å². The molecule has 0 radical (unpaired) electrons. The van der Waals surface area contributed by atoms with Gasteiger partial charge in [-0.1, -0.05) is 12.8 Å². The molecule has 1 aliphatic rings. The molecule has 7 heteroatoms. The zero-order valence-electron chi connectivity index (χ0n) is 11.1. The lowest BCUT2D eigenvalue weighted by Gasteiger charge is -2.41. The van der Waals surface area contributed by atoms with E-state index < -0.39 is 36.0 Å². The number of benzene rings is 1. The van der Waals surface area contributed by atoms with E-state index in [2.05, 4.69) is 5.32 Å². The van der Waals surface area contributed by atoms with Crippen LogP contribution in [0.2, 0.25) is 0 Å². The predicted molar refractivity (Wildman–Crippen MR) is 67.1 cm³/mol. The molecule has 2 N–H and O–H groups in total. The topological polar surface area (TPSA) is 49.3 Å². The molecule has 0 heterocycles. The first-order chi connectivity index (χ1) is 9.74. The fraction of sp³-hybridized carbons (Fsp3) is 0.500. The van der Waals surface area contributed by atoms with Crippen molar-refractivity contribution in [1.82, 2.24) is 5.32 Å². The van der Waals surface area contributed by atoms with Crippen LogP contribution in [0.4, 0.5) is 17.6 Å². The Morgan fingerprint density at radius 1 is 1.24 bits per heavy atom. The first kappa shape index (κ1) is 15.8. The highest BCUT2D eigenvalue weighted by Gasteiger charge is 2.59. The summed E-state index contributed by atoms with van der Waals surface area (Å²) in [6, 6.07) is 3.06. The third kappa shape index (κ3) is 3.18. The number of amides is 1. The number of alkyl halides is 3. The largest absolute Gasteiger partial charge is 0.419 e. The second-order valence-corrected chi connectivity index (χ2v) is 5.20. The highest BCUT2D eigenvalue weighted by atomic mass is 19.4. The molecule has 0 unspecified atom stereocenters. The second kappa shape index (κ2) is 5.63. The monoisotopic (exact) mass is 305 g/mol. The smallest absolute Gasteiger partial charge is 0.379 e. The van der Waals surface area contributed by atoms with E-state index in [4.69, 9.17) is 0 Å². The SMILES string of the molecule is O=C(N[C@@H]1CCCC[C@]1(O)C(F)(F)F)c1ccc(F)cc1. The van der Waals surface area contributed by atoms with Gasteiger partial charge in [0, 0.05) is 5.56 Å². The summed E-state index contributed by atoms with van der Waals surface area (Å²) in [4.78, 5) is 11.9. The number of carbonyl (C=O) groups is 1. The molecular formula is C14H15F4NO2. The highest BCUT2D eigenvalue weighted by Crippen LogP contribution is 2.41. The van der Waals surface area contributed by atoms with Crippen molar-refractivity contribution in [3.63, 3.8) is 0 Å². The van der Waals surface area contributed by atoms with Gasteiger partial charge >= 0.3 is 6.18 Å². The van der Waals surface area contributed by atoms with Crippen molar-refractivity contribution < 1.29 is 27.5 Å². The van der Waals surface area contributed by atoms with Gasteiger partial charge in [-0.25, -0.2) is 4.39 Å². The standard InChI is InChI=1S/C14H15F4NO2/c15-10-6-4-9(5-7-10)12(20)19-11-3-1-2-8-13(11,21)14(16,17)18/h4-7,11,21H,1-3,8H2,(H,19,20)/t11-,13-/m1/s1. The first-order valence-corrected chi connectivity index (χ1v) is 6.59. The van der Waals surface area contributed by atoms with Crippen LogP contribution in [0.15, 0.2) is 24.3 Å². The minimum Gasteiger partial charge on any atom is -0.379 e. The van der Waals surface area contributed by atoms with Crippen LogP contribution in [0.5, 0.6) is 0 Å². The first-order valence-electron chi connectivity index (χ1n) is 6.59. The lowest BCUT2D eigenvalue weighted by Crippen LogP contribution is -2.62. The van der Waals surface area contributed by atoms with Gasteiger partial charge in [-0.05, 0) is 37.1 Å². The van der Waals surface area contributed by atoms with Gasteiger partial charge in [-0.15, -0.1) is 0 Å². The fourth-order valence-electron chi connectivity index (χ4n) is 2.53. The van der Waals surface area contributed by atoms with E-state index in [0.29, 0.717) is 6.42 Å². The average molecular weight is 305 g/mol. The second-order valence-electron chi connectivity index (χ2n) is 5.20. The van der Waals surface area contributed by atoms with Crippen molar-refractivity contribution in [2.24, 2.45) is 0 Å². The summed E-state index contributed by atoms with van der Waals surface area (Å²) >= 11 is 0. The van der Waals surface area contributed by atoms with E-state index in [-0.39, 0.29) is 18.4 Å². The van der Waals surface area contributed by atoms with Crippen molar-refractivity contribution in [2.45, 2.75) is 43.5 Å². The maximum Gasteiger partial charge on any atom is 0.419 e. The van der Waals surface area contributed by atoms with Crippen molar-refractivity contribution in [3.8, 4) is 0 Å². The summed E-state index contributed by atoms with van der Waals surface area (Å²) in [5.74, 6) is -1.31. The Morgan fingerprint density at radius 3 is 2.43 bits per heavy atom. The number of rotatable bonds is 2. The molecule has 2 atom stereocenters. The van der Waals surface area contributed by atoms with E-state index in [0.717, 1.165) is 12.1 Å². The molecule has 116 valence electrons. The van der Waals surface area contributed by atoms with Gasteiger partial charge in [0.05, 0.1) is 6.04 Å². The van der Waals surface area contributed by atoms with Gasteiger partial charge in [-0.3, -0.25) is 4.79 Å². The van der Waals surface area contributed by atoms with Gasteiger partial charge in [0.1, 0.15) is 5.82 Å². The Labute approximate surface area is 119 Å². The maximum atomic E-state index is 13.0. The van der Waals surface area contributed by atoms with Crippen LogP contribution in [0.25, 0.3) is 0 Å². The van der Waals surface area contributed by atoms with Crippen molar-refractivity contribution in [2.75, 3.05) is 0 Å². The summed E-state index contributed by atoms with van der Waals surface area (Å²) in [7, 11) is 0. The lowest BCUT2D eigenvalue weighted by molar-refractivity contribution is -0.277. The van der Waals surface area contributed by atoms with E-state index in [9.17, 15) is 27.5 Å². The van der Waals surface area contributed by atoms with E-state index in [1.807, 2.05) is 0 Å². The number of nitrogens with one attached hydrogen (secondary N) is 1. The third-order valence-corrected chi connectivity index (χ3v) is 3.78. The molecule has 1 aromatic carbocycles. The number of carbonyl (C=O) groups excluding carboxylic acids is 1. The molecular weight excluding hydrogens is 290 g/mol. The molecule has 0 aliphatic heterocycles. The van der Waals surface area contributed by atoms with E-state index in [1.54, 1.807) is 0 Å². The summed E-state index contributed by atoms with van der Waals surface area (Å²) < 4.78 is 51.9. The fourth-order valence-corrected chi connectivity index (χ4v) is 2.53. The third-order valence-electron chi connectivity index (χ3n) is 3.78. The summed E-state index contributed by atoms with van der Waals surface area (Å²) in [6.45, 7) is 0. The minimum absolute atomic E-state index is 0.0446. The predicted octanol–water partition coefficient (Wildman–Crippen LogP) is 2.79. The van der Waals surface area contributed by atoms with Crippen molar-refractivity contribution >= 4 is 5.91 Å². The number of hydrogen-bond acceptors (Lipinski definition) is 2. The molecule has 0 spiro atoms. The van der Waals surface area contributed by atoms with Crippen LogP contribution < -0.4 is 5.32 Å². The molecule has 0 bridgehead atoms. The Balaban J connectivity index is 2.16. The summed E-state index contributed by atoms with van der Waals surface area (Å²) in [5.41, 5.74) is -2.87. The molecule has 1 saturated carbocycles. The molecule has 0 saturated heterocycles. The number of aliphatic hydroxyl groups is 1. The molecule has 21 heavy (non-hydrogen) atoms. The van der Waals surface area contributed by atoms with Crippen LogP contribution in [0, 0.1) is 5.82 Å². The quantitative estimate of drug-likeness (QED) is 0.826. The van der Waals surface area contributed by atoms with Crippen molar-refractivity contribution in [3.05, 3.63) is 35.6 Å². The Hall–Kier alpha value is -1.63. The molecule has 0 aromatic heterocycles. The van der Waals surface area contributed by atoms with Crippen LogP contribution in [0.3, 0.4) is 0 Å². The summed E-state index contributed by atoms with van der Waals surface area (Å²) in [5, 5.41) is 12.1. The maximum absolute atomic E-state index is 13.0. The van der Waals surface area contributed by atoms with Gasteiger partial charge in [0.25, 0.3) is 5.91 Å². The average Bonchev–Trinajstić information content (AvgIpc) is 2.41. The van der Waals surface area contributed by atoms with Gasteiger partial charge in [0.2, 0.25) is 0 Å². The molecule has 1 aliphatic carbocycles. The lowest BCUT2D eigenvalue weighted by atomic mass is 9.79. The van der Waals surface area contributed by atoms with Gasteiger partial charge < -0.3 is 10.4 Å². The Morgan fingerprint density at radius 2 is 1.86 bits per heavy atom. The zero-order chi connectivity index (χ0) is 15.7.